The first-order chi connectivity index (χ1) is 15.7. The lowest BCUT2D eigenvalue weighted by molar-refractivity contribution is -0.0117. The van der Waals surface area contributed by atoms with Crippen molar-refractivity contribution in [2.45, 2.75) is 37.7 Å². The van der Waals surface area contributed by atoms with Crippen LogP contribution >= 0.6 is 11.6 Å². The van der Waals surface area contributed by atoms with Crippen molar-refractivity contribution in [1.82, 2.24) is 4.90 Å². The van der Waals surface area contributed by atoms with E-state index >= 15 is 0 Å². The minimum atomic E-state index is -3.59. The lowest BCUT2D eigenvalue weighted by Gasteiger charge is -2.32. The van der Waals surface area contributed by atoms with E-state index in [0.29, 0.717) is 16.1 Å². The highest BCUT2D eigenvalue weighted by Gasteiger charge is 2.30. The summed E-state index contributed by atoms with van der Waals surface area (Å²) in [6, 6.07) is 11.2. The van der Waals surface area contributed by atoms with Crippen molar-refractivity contribution >= 4 is 11.6 Å². The molecule has 0 bridgehead atoms. The molecule has 24 heavy (non-hydrogen) atoms. The van der Waals surface area contributed by atoms with Gasteiger partial charge >= 0.3 is 0 Å². The summed E-state index contributed by atoms with van der Waals surface area (Å²) >= 11 is 6.00. The van der Waals surface area contributed by atoms with E-state index in [9.17, 15) is 0 Å². The molecular formula is C21H26ClNO. The molecule has 1 aliphatic heterocycles. The minimum absolute atomic E-state index is 0.267. The fourth-order valence-corrected chi connectivity index (χ4v) is 2.54. The van der Waals surface area contributed by atoms with Crippen LogP contribution in [0.4, 0.5) is 0 Å². The molecule has 2 nitrogen and oxygen atoms in total. The zero-order valence-electron chi connectivity index (χ0n) is 24.4. The summed E-state index contributed by atoms with van der Waals surface area (Å²) in [4.78, 5) is 0.267. The van der Waals surface area contributed by atoms with E-state index in [1.54, 1.807) is 54.6 Å². The number of ether oxygens (including phenoxy) is 1. The number of likely N-dealkylation sites (tertiary alicyclic amines) is 1. The topological polar surface area (TPSA) is 12.5 Å². The van der Waals surface area contributed by atoms with E-state index in [2.05, 4.69) is 0 Å². The highest BCUT2D eigenvalue weighted by molar-refractivity contribution is 6.30. The summed E-state index contributed by atoms with van der Waals surface area (Å²) in [5.41, 5.74) is -0.837. The Balaban J connectivity index is 2.19. The summed E-state index contributed by atoms with van der Waals surface area (Å²) in [5.74, 6) is 0. The van der Waals surface area contributed by atoms with Crippen LogP contribution in [0.1, 0.15) is 52.2 Å². The van der Waals surface area contributed by atoms with E-state index in [1.807, 2.05) is 0 Å². The number of halogens is 1. The average Bonchev–Trinajstić information content (AvgIpc) is 2.84. The molecule has 0 unspecified atom stereocenters. The molecule has 0 spiro atoms. The lowest BCUT2D eigenvalue weighted by Crippen LogP contribution is -2.31. The van der Waals surface area contributed by atoms with Gasteiger partial charge in [-0.3, -0.25) is 0 Å². The summed E-state index contributed by atoms with van der Waals surface area (Å²) in [7, 11) is 0.860. The molecule has 2 atom stereocenters. The molecule has 3 rings (SSSR count). The predicted molar refractivity (Wildman–Crippen MR) is 101 cm³/mol. The van der Waals surface area contributed by atoms with Gasteiger partial charge in [0, 0.05) is 29.9 Å². The number of benzene rings is 2. The van der Waals surface area contributed by atoms with Gasteiger partial charge in [-0.25, -0.2) is 0 Å². The monoisotopic (exact) mass is 354 g/mol. The molecular weight excluding hydrogens is 318 g/mol. The molecule has 1 aliphatic rings. The van der Waals surface area contributed by atoms with E-state index < -0.39 is 43.8 Å². The zero-order valence-corrected chi connectivity index (χ0v) is 14.2. The zero-order chi connectivity index (χ0) is 26.9. The Morgan fingerprint density at radius 2 is 1.92 bits per heavy atom. The predicted octanol–water partition coefficient (Wildman–Crippen LogP) is 5.10. The lowest BCUT2D eigenvalue weighted by atomic mass is 9.88. The molecule has 2 aromatic carbocycles. The van der Waals surface area contributed by atoms with E-state index in [4.69, 9.17) is 31.4 Å². The van der Waals surface area contributed by atoms with Crippen LogP contribution in [0.15, 0.2) is 54.6 Å². The van der Waals surface area contributed by atoms with Gasteiger partial charge in [-0.1, -0.05) is 54.1 Å². The first kappa shape index (κ1) is 8.35. The number of nitrogens with zero attached hydrogens (tertiary/aromatic N) is 1. The number of rotatable bonds is 6. The van der Waals surface area contributed by atoms with Crippen molar-refractivity contribution in [3.63, 3.8) is 0 Å². The Kier molecular flexibility index (Phi) is 2.68. The van der Waals surface area contributed by atoms with E-state index in [1.165, 1.54) is 6.92 Å². The van der Waals surface area contributed by atoms with Crippen molar-refractivity contribution in [1.29, 1.82) is 0 Å². The van der Waals surface area contributed by atoms with Crippen LogP contribution in [-0.2, 0) is 10.3 Å². The van der Waals surface area contributed by atoms with Gasteiger partial charge in [0.2, 0.25) is 0 Å². The molecule has 1 heterocycles. The Morgan fingerprint density at radius 1 is 1.25 bits per heavy atom. The second-order valence-electron chi connectivity index (χ2n) is 5.50. The second-order valence-corrected chi connectivity index (χ2v) is 5.94. The van der Waals surface area contributed by atoms with E-state index in [-0.39, 0.29) is 4.90 Å². The van der Waals surface area contributed by atoms with Crippen molar-refractivity contribution in [3.05, 3.63) is 70.7 Å². The van der Waals surface area contributed by atoms with E-state index in [0.717, 1.165) is 7.05 Å². The Morgan fingerprint density at radius 3 is 2.54 bits per heavy atom. The largest absolute Gasteiger partial charge is 0.366 e. The molecule has 1 fully saturated rings. The molecule has 0 N–H and O–H groups in total. The quantitative estimate of drug-likeness (QED) is 0.715. The number of hydrogen-bond donors (Lipinski definition) is 0. The average molecular weight is 355 g/mol. The highest BCUT2D eigenvalue weighted by atomic mass is 35.5. The third-order valence-electron chi connectivity index (χ3n) is 3.88. The highest BCUT2D eigenvalue weighted by Crippen LogP contribution is 2.34. The molecule has 3 heteroatoms. The standard InChI is InChI=1S/C21H26ClNO/c1-21(17-7-4-3-5-8-17,18-10-12-19(22)13-11-18)24-16-14-20-9-6-15-23(20)2/h3-5,7-8,10-13,20H,6,9,14-16H2,1-2H3/t20-,21-/m1/s1/i6D2,9D2,14D2,15D2,16D2,20D. The molecule has 0 aromatic heterocycles. The summed E-state index contributed by atoms with van der Waals surface area (Å²) < 4.78 is 97.9. The van der Waals surface area contributed by atoms with Crippen LogP contribution in [0.25, 0.3) is 0 Å². The molecule has 2 aromatic rings. The SMILES string of the molecule is [2H]C([2H])(O[C@](C)(c1ccccc1)c1ccc(Cl)cc1)C([2H])([2H])[C@]1([2H])N(C)C([2H])([2H])C([2H])([2H])C1([2H])[2H]. The van der Waals surface area contributed by atoms with Gasteiger partial charge in [-0.2, -0.15) is 0 Å². The first-order valence-electron chi connectivity index (χ1n) is 13.0. The van der Waals surface area contributed by atoms with Gasteiger partial charge in [-0.15, -0.1) is 0 Å². The molecule has 0 saturated carbocycles. The maximum Gasteiger partial charge on any atom is 0.115 e. The van der Waals surface area contributed by atoms with Crippen molar-refractivity contribution in [3.8, 4) is 0 Å². The van der Waals surface area contributed by atoms with Crippen LogP contribution in [0, 0.1) is 0 Å². The summed E-state index contributed by atoms with van der Waals surface area (Å²) in [6.45, 7) is -5.06. The van der Waals surface area contributed by atoms with Gasteiger partial charge in [0.25, 0.3) is 0 Å². The third kappa shape index (κ3) is 3.83. The molecule has 0 amide bonds. The van der Waals surface area contributed by atoms with Gasteiger partial charge in [0.05, 0.1) is 2.74 Å². The van der Waals surface area contributed by atoms with Crippen molar-refractivity contribution < 1.29 is 19.8 Å². The normalized spacial score (nSPS) is 38.2. The van der Waals surface area contributed by atoms with Gasteiger partial charge < -0.3 is 9.64 Å². The summed E-state index contributed by atoms with van der Waals surface area (Å²) in [6.07, 6.45) is -10.4. The van der Waals surface area contributed by atoms with Gasteiger partial charge in [0.1, 0.15) is 5.60 Å². The fourth-order valence-electron chi connectivity index (χ4n) is 2.41. The molecule has 0 aliphatic carbocycles. The van der Waals surface area contributed by atoms with Crippen LogP contribution in [0.3, 0.4) is 0 Å². The fraction of sp³-hybridized carbons (Fsp3) is 0.429. The van der Waals surface area contributed by atoms with Crippen LogP contribution < -0.4 is 0 Å². The Hall–Kier alpha value is -1.35. The summed E-state index contributed by atoms with van der Waals surface area (Å²) in [5, 5.41) is 0.401. The minimum Gasteiger partial charge on any atom is -0.366 e. The van der Waals surface area contributed by atoms with Gasteiger partial charge in [-0.05, 0) is 62.8 Å². The van der Waals surface area contributed by atoms with Crippen molar-refractivity contribution in [2.75, 3.05) is 20.1 Å². The second kappa shape index (κ2) is 7.69. The maximum atomic E-state index is 8.76. The van der Waals surface area contributed by atoms with Crippen molar-refractivity contribution in [2.24, 2.45) is 0 Å². The molecule has 0 radical (unpaired) electrons. The molecule has 1 saturated heterocycles. The smallest absolute Gasteiger partial charge is 0.115 e. The maximum absolute atomic E-state index is 8.76. The van der Waals surface area contributed by atoms with Crippen LogP contribution in [-0.4, -0.2) is 31.0 Å². The van der Waals surface area contributed by atoms with Crippen LogP contribution in [0.2, 0.25) is 5.02 Å². The molecule has 128 valence electrons. The first-order valence-corrected chi connectivity index (χ1v) is 7.85. The Labute approximate surface area is 165 Å². The third-order valence-corrected chi connectivity index (χ3v) is 4.14. The Bertz CT molecular complexity index is 1080. The number of hydrogen-bond acceptors (Lipinski definition) is 2. The van der Waals surface area contributed by atoms with Gasteiger partial charge in [0.15, 0.2) is 0 Å². The van der Waals surface area contributed by atoms with Crippen LogP contribution in [0.5, 0.6) is 0 Å².